The highest BCUT2D eigenvalue weighted by Gasteiger charge is 2.44. The maximum absolute atomic E-state index is 13.1. The summed E-state index contributed by atoms with van der Waals surface area (Å²) in [6.07, 6.45) is 89.5. The summed E-state index contributed by atoms with van der Waals surface area (Å²) >= 11 is 0. The lowest BCUT2D eigenvalue weighted by atomic mass is 9.99. The van der Waals surface area contributed by atoms with Gasteiger partial charge in [-0.15, -0.1) is 0 Å². The van der Waals surface area contributed by atoms with Crippen molar-refractivity contribution in [3.8, 4) is 0 Å². The molecule has 95 heavy (non-hydrogen) atoms. The minimum absolute atomic E-state index is 0.00703. The molecule has 7 atom stereocenters. The highest BCUT2D eigenvalue weighted by Crippen LogP contribution is 2.24. The van der Waals surface area contributed by atoms with Crippen LogP contribution in [0, 0.1) is 0 Å². The van der Waals surface area contributed by atoms with Crippen LogP contribution < -0.4 is 5.32 Å². The molecule has 1 aliphatic heterocycles. The van der Waals surface area contributed by atoms with Crippen molar-refractivity contribution in [2.45, 2.75) is 429 Å². The number of ether oxygens (including phenoxy) is 3. The van der Waals surface area contributed by atoms with Crippen molar-refractivity contribution in [2.75, 3.05) is 19.8 Å². The first-order valence-corrected chi connectivity index (χ1v) is 40.7. The molecule has 0 saturated carbocycles. The monoisotopic (exact) mass is 1340 g/mol. The van der Waals surface area contributed by atoms with Gasteiger partial charge in [0, 0.05) is 12.8 Å². The second-order valence-electron chi connectivity index (χ2n) is 28.1. The number of carbonyl (C=O) groups is 2. The molecule has 0 aromatic rings. The highest BCUT2D eigenvalue weighted by atomic mass is 16.7. The largest absolute Gasteiger partial charge is 0.466 e. The van der Waals surface area contributed by atoms with E-state index in [1.165, 1.54) is 283 Å². The topological polar surface area (TPSA) is 175 Å². The molecule has 11 nitrogen and oxygen atoms in total. The Morgan fingerprint density at radius 3 is 1.14 bits per heavy atom. The first-order chi connectivity index (χ1) is 46.7. The van der Waals surface area contributed by atoms with Crippen LogP contribution in [0.3, 0.4) is 0 Å². The van der Waals surface area contributed by atoms with Crippen LogP contribution in [0.2, 0.25) is 0 Å². The quantitative estimate of drug-likeness (QED) is 0.0195. The number of hydrogen-bond acceptors (Lipinski definition) is 10. The summed E-state index contributed by atoms with van der Waals surface area (Å²) in [7, 11) is 0. The third kappa shape index (κ3) is 60.8. The SMILES string of the molecule is CCCC/C=C/CC/C=C/CC/C=C/C(O)C(COC1OC(CO)C(O)C(O)C1O)NC(=O)CCCCCCCCCCCCCCCCCCC/C=C\C/C=C\CCCCCCCCCCCCCCCCCOC(=O)CCCCCCC/C=C\CCCCCCCCC. The smallest absolute Gasteiger partial charge is 0.305 e. The Morgan fingerprint density at radius 2 is 0.726 bits per heavy atom. The fourth-order valence-electron chi connectivity index (χ4n) is 12.6. The molecule has 1 rings (SSSR count). The van der Waals surface area contributed by atoms with Crippen molar-refractivity contribution in [3.05, 3.63) is 72.9 Å². The van der Waals surface area contributed by atoms with Gasteiger partial charge < -0.3 is 45.1 Å². The summed E-state index contributed by atoms with van der Waals surface area (Å²) in [6, 6.07) is -0.833. The van der Waals surface area contributed by atoms with Crippen molar-refractivity contribution in [2.24, 2.45) is 0 Å². The van der Waals surface area contributed by atoms with Crippen LogP contribution in [0.4, 0.5) is 0 Å². The van der Waals surface area contributed by atoms with Crippen LogP contribution in [-0.4, -0.2) is 100 Å². The molecule has 6 N–H and O–H groups in total. The van der Waals surface area contributed by atoms with Gasteiger partial charge in [-0.3, -0.25) is 9.59 Å². The first kappa shape index (κ1) is 90.1. The number of rotatable bonds is 72. The Labute approximate surface area is 585 Å². The van der Waals surface area contributed by atoms with Crippen molar-refractivity contribution in [1.82, 2.24) is 5.32 Å². The molecule has 0 bridgehead atoms. The van der Waals surface area contributed by atoms with Crippen LogP contribution >= 0.6 is 0 Å². The molecule has 1 saturated heterocycles. The van der Waals surface area contributed by atoms with Gasteiger partial charge in [0.1, 0.15) is 24.4 Å². The third-order valence-electron chi connectivity index (χ3n) is 19.0. The Bertz CT molecular complexity index is 1810. The number of amides is 1. The van der Waals surface area contributed by atoms with Crippen LogP contribution in [0.15, 0.2) is 72.9 Å². The molecule has 0 aromatic carbocycles. The Balaban J connectivity index is 1.89. The van der Waals surface area contributed by atoms with E-state index in [1.807, 2.05) is 6.08 Å². The molecule has 1 amide bonds. The van der Waals surface area contributed by atoms with E-state index < -0.39 is 49.5 Å². The molecule has 7 unspecified atom stereocenters. The molecular formula is C84H153NO10. The van der Waals surface area contributed by atoms with E-state index >= 15 is 0 Å². The average Bonchev–Trinajstić information content (AvgIpc) is 0.850. The molecule has 0 aromatic heterocycles. The first-order valence-electron chi connectivity index (χ1n) is 40.7. The molecular weight excluding hydrogens is 1180 g/mol. The van der Waals surface area contributed by atoms with E-state index in [9.17, 15) is 35.1 Å². The number of carbonyl (C=O) groups excluding carboxylic acids is 2. The minimum atomic E-state index is -1.58. The van der Waals surface area contributed by atoms with Crippen LogP contribution in [0.5, 0.6) is 0 Å². The molecule has 1 aliphatic rings. The number of aliphatic hydroxyl groups excluding tert-OH is 5. The van der Waals surface area contributed by atoms with E-state index in [0.29, 0.717) is 19.4 Å². The van der Waals surface area contributed by atoms with Gasteiger partial charge in [-0.2, -0.15) is 0 Å². The van der Waals surface area contributed by atoms with Gasteiger partial charge in [0.15, 0.2) is 6.29 Å². The highest BCUT2D eigenvalue weighted by molar-refractivity contribution is 5.76. The second kappa shape index (κ2) is 72.4. The predicted octanol–water partition coefficient (Wildman–Crippen LogP) is 22.2. The number of hydrogen-bond donors (Lipinski definition) is 6. The fourth-order valence-corrected chi connectivity index (χ4v) is 12.6. The lowest BCUT2D eigenvalue weighted by Crippen LogP contribution is -2.60. The van der Waals surface area contributed by atoms with Gasteiger partial charge in [0.2, 0.25) is 5.91 Å². The van der Waals surface area contributed by atoms with Gasteiger partial charge in [-0.25, -0.2) is 0 Å². The lowest BCUT2D eigenvalue weighted by Gasteiger charge is -2.40. The molecule has 0 radical (unpaired) electrons. The molecule has 1 heterocycles. The molecule has 1 fully saturated rings. The zero-order valence-electron chi connectivity index (χ0n) is 61.9. The van der Waals surface area contributed by atoms with Gasteiger partial charge >= 0.3 is 5.97 Å². The van der Waals surface area contributed by atoms with Crippen molar-refractivity contribution < 1.29 is 49.3 Å². The average molecular weight is 1340 g/mol. The van der Waals surface area contributed by atoms with Crippen LogP contribution in [0.1, 0.15) is 386 Å². The zero-order valence-corrected chi connectivity index (χ0v) is 61.9. The summed E-state index contributed by atoms with van der Waals surface area (Å²) in [4.78, 5) is 25.2. The second-order valence-corrected chi connectivity index (χ2v) is 28.1. The van der Waals surface area contributed by atoms with Gasteiger partial charge in [-0.05, 0) is 109 Å². The van der Waals surface area contributed by atoms with E-state index in [4.69, 9.17) is 14.2 Å². The van der Waals surface area contributed by atoms with E-state index in [-0.39, 0.29) is 18.5 Å². The normalized spacial score (nSPS) is 17.7. The lowest BCUT2D eigenvalue weighted by molar-refractivity contribution is -0.302. The summed E-state index contributed by atoms with van der Waals surface area (Å²) in [5.41, 5.74) is 0. The predicted molar refractivity (Wildman–Crippen MR) is 403 cm³/mol. The standard InChI is InChI=1S/C84H153NO10/c1-3-5-7-9-11-13-15-17-18-45-48-52-56-60-64-68-72-80(89)93-73-69-65-61-57-53-49-46-43-41-39-37-35-33-31-29-27-25-23-21-19-20-22-24-26-28-30-32-34-36-38-40-42-44-47-51-55-59-63-67-71-79(88)85-76(75-94-84-83(92)82(91)81(90)78(74-86)95-84)77(87)70-66-62-58-54-50-16-14-12-10-8-6-4-2/h10,12,18-20,23,25,45,50,54,66,70,76-78,81-84,86-87,90-92H,3-9,11,13-17,21-22,24,26-44,46-49,51-53,55-65,67-69,71-75H2,1-2H3,(H,85,88)/b12-10+,20-19-,25-23-,45-18-,54-50+,70-66+. The van der Waals surface area contributed by atoms with Crippen molar-refractivity contribution in [1.29, 1.82) is 0 Å². The summed E-state index contributed by atoms with van der Waals surface area (Å²) in [6.45, 7) is 4.31. The zero-order chi connectivity index (χ0) is 68.6. The minimum Gasteiger partial charge on any atom is -0.466 e. The third-order valence-corrected chi connectivity index (χ3v) is 19.0. The van der Waals surface area contributed by atoms with Gasteiger partial charge in [-0.1, -0.05) is 337 Å². The molecule has 11 heteroatoms. The summed E-state index contributed by atoms with van der Waals surface area (Å²) < 4.78 is 16.7. The van der Waals surface area contributed by atoms with Crippen molar-refractivity contribution >= 4 is 11.9 Å². The number of nitrogens with one attached hydrogen (secondary N) is 1. The fraction of sp³-hybridized carbons (Fsp3) is 0.833. The Morgan fingerprint density at radius 1 is 0.389 bits per heavy atom. The van der Waals surface area contributed by atoms with E-state index in [1.54, 1.807) is 6.08 Å². The van der Waals surface area contributed by atoms with Crippen LogP contribution in [0.25, 0.3) is 0 Å². The van der Waals surface area contributed by atoms with E-state index in [0.717, 1.165) is 77.0 Å². The Kier molecular flexibility index (Phi) is 68.6. The Hall–Kier alpha value is -2.90. The number of esters is 1. The van der Waals surface area contributed by atoms with Gasteiger partial charge in [0.05, 0.1) is 32.0 Å². The molecule has 0 aliphatic carbocycles. The summed E-state index contributed by atoms with van der Waals surface area (Å²) in [5, 5.41) is 54.5. The maximum atomic E-state index is 13.1. The molecule has 0 spiro atoms. The number of allylic oxidation sites excluding steroid dienone is 11. The van der Waals surface area contributed by atoms with E-state index in [2.05, 4.69) is 79.9 Å². The molecule has 554 valence electrons. The van der Waals surface area contributed by atoms with Gasteiger partial charge in [0.25, 0.3) is 0 Å². The number of unbranched alkanes of at least 4 members (excludes halogenated alkanes) is 48. The van der Waals surface area contributed by atoms with Crippen molar-refractivity contribution in [3.63, 3.8) is 0 Å². The van der Waals surface area contributed by atoms with Crippen LogP contribution in [-0.2, 0) is 23.8 Å². The number of aliphatic hydroxyl groups is 5. The maximum Gasteiger partial charge on any atom is 0.305 e. The summed E-state index contributed by atoms with van der Waals surface area (Å²) in [5.74, 6) is -0.187.